The van der Waals surface area contributed by atoms with Crippen LogP contribution in [0.15, 0.2) is 12.1 Å². The predicted octanol–water partition coefficient (Wildman–Crippen LogP) is 4.35. The third-order valence-electron chi connectivity index (χ3n) is 3.72. The van der Waals surface area contributed by atoms with Crippen molar-refractivity contribution in [1.29, 1.82) is 5.26 Å². The summed E-state index contributed by atoms with van der Waals surface area (Å²) >= 11 is 0. The summed E-state index contributed by atoms with van der Waals surface area (Å²) in [6.07, 6.45) is -2.30. The van der Waals surface area contributed by atoms with Gasteiger partial charge in [-0.3, -0.25) is 0 Å². The van der Waals surface area contributed by atoms with Crippen LogP contribution in [0.5, 0.6) is 0 Å². The fourth-order valence-electron chi connectivity index (χ4n) is 2.07. The van der Waals surface area contributed by atoms with E-state index in [-0.39, 0.29) is 16.9 Å². The number of nitrogens with zero attached hydrogens (tertiary/aromatic N) is 2. The minimum absolute atomic E-state index is 0.00729. The molecule has 0 radical (unpaired) electrons. The smallest absolute Gasteiger partial charge is 0.364 e. The number of hydrogen-bond acceptors (Lipinski definition) is 3. The van der Waals surface area contributed by atoms with Gasteiger partial charge in [0, 0.05) is 5.54 Å². The van der Waals surface area contributed by atoms with Gasteiger partial charge in [-0.2, -0.15) is 18.4 Å². The maximum atomic E-state index is 12.7. The minimum Gasteiger partial charge on any atom is -0.364 e. The Labute approximate surface area is 116 Å². The van der Waals surface area contributed by atoms with Crippen molar-refractivity contribution in [3.8, 4) is 6.07 Å². The Bertz CT molecular complexity index is 491. The second-order valence-electron chi connectivity index (χ2n) is 4.67. The molecule has 0 aliphatic carbocycles. The highest BCUT2D eigenvalue weighted by molar-refractivity contribution is 5.54. The van der Waals surface area contributed by atoms with Crippen LogP contribution in [0.25, 0.3) is 0 Å². The highest BCUT2D eigenvalue weighted by atomic mass is 19.4. The van der Waals surface area contributed by atoms with Crippen LogP contribution in [0.4, 0.5) is 19.0 Å². The largest absolute Gasteiger partial charge is 0.433 e. The van der Waals surface area contributed by atoms with Crippen molar-refractivity contribution in [3.05, 3.63) is 23.4 Å². The monoisotopic (exact) mass is 285 g/mol. The summed E-state index contributed by atoms with van der Waals surface area (Å²) in [5.74, 6) is 0.00729. The summed E-state index contributed by atoms with van der Waals surface area (Å²) in [4.78, 5) is 3.58. The van der Waals surface area contributed by atoms with Crippen molar-refractivity contribution >= 4 is 5.82 Å². The molecule has 0 fully saturated rings. The van der Waals surface area contributed by atoms with Gasteiger partial charge in [0.15, 0.2) is 0 Å². The number of aromatic nitrogens is 1. The first-order valence-corrected chi connectivity index (χ1v) is 6.58. The maximum Gasteiger partial charge on any atom is 0.433 e. The number of nitrogens with one attached hydrogen (secondary N) is 1. The molecule has 0 saturated heterocycles. The summed E-state index contributed by atoms with van der Waals surface area (Å²) in [7, 11) is 0. The molecule has 1 rings (SSSR count). The SMILES string of the molecule is CCC(CC)(CC)Nc1nc(C(F)(F)F)ccc1C#N. The molecule has 1 aromatic rings. The van der Waals surface area contributed by atoms with Crippen LogP contribution >= 0.6 is 0 Å². The molecular weight excluding hydrogens is 267 g/mol. The van der Waals surface area contributed by atoms with Crippen LogP contribution in [-0.4, -0.2) is 10.5 Å². The van der Waals surface area contributed by atoms with Crippen molar-refractivity contribution < 1.29 is 13.2 Å². The molecule has 1 aromatic heterocycles. The van der Waals surface area contributed by atoms with E-state index in [1.54, 1.807) is 0 Å². The second-order valence-corrected chi connectivity index (χ2v) is 4.67. The van der Waals surface area contributed by atoms with E-state index in [0.717, 1.165) is 31.4 Å². The van der Waals surface area contributed by atoms with Gasteiger partial charge in [-0.15, -0.1) is 0 Å². The quantitative estimate of drug-likeness (QED) is 0.874. The lowest BCUT2D eigenvalue weighted by Gasteiger charge is -2.32. The number of halogens is 3. The summed E-state index contributed by atoms with van der Waals surface area (Å²) in [5.41, 5.74) is -1.21. The average Bonchev–Trinajstić information content (AvgIpc) is 2.43. The molecule has 3 nitrogen and oxygen atoms in total. The molecule has 0 bridgehead atoms. The van der Waals surface area contributed by atoms with E-state index >= 15 is 0 Å². The molecule has 20 heavy (non-hydrogen) atoms. The van der Waals surface area contributed by atoms with Gasteiger partial charge in [0.1, 0.15) is 17.6 Å². The van der Waals surface area contributed by atoms with Gasteiger partial charge in [0.05, 0.1) is 5.56 Å². The molecule has 1 N–H and O–H groups in total. The molecule has 0 saturated carbocycles. The lowest BCUT2D eigenvalue weighted by Crippen LogP contribution is -2.37. The fourth-order valence-corrected chi connectivity index (χ4v) is 2.07. The first-order valence-electron chi connectivity index (χ1n) is 6.58. The Kier molecular flexibility index (Phi) is 4.98. The zero-order valence-electron chi connectivity index (χ0n) is 11.8. The zero-order chi connectivity index (χ0) is 15.4. The number of alkyl halides is 3. The standard InChI is InChI=1S/C14H18F3N3/c1-4-13(5-2,6-3)20-12-10(9-18)7-8-11(19-12)14(15,16)17/h7-8H,4-6H2,1-3H3,(H,19,20). The van der Waals surface area contributed by atoms with Gasteiger partial charge < -0.3 is 5.32 Å². The van der Waals surface area contributed by atoms with Crippen LogP contribution in [0.1, 0.15) is 51.3 Å². The van der Waals surface area contributed by atoms with Crippen LogP contribution in [0.2, 0.25) is 0 Å². The molecular formula is C14H18F3N3. The van der Waals surface area contributed by atoms with E-state index in [1.165, 1.54) is 0 Å². The van der Waals surface area contributed by atoms with Gasteiger partial charge in [0.2, 0.25) is 0 Å². The van der Waals surface area contributed by atoms with E-state index in [1.807, 2.05) is 26.8 Å². The molecule has 0 aliphatic heterocycles. The topological polar surface area (TPSA) is 48.7 Å². The molecule has 6 heteroatoms. The number of pyridine rings is 1. The Morgan fingerprint density at radius 3 is 2.10 bits per heavy atom. The van der Waals surface area contributed by atoms with Gasteiger partial charge in [-0.05, 0) is 31.4 Å². The average molecular weight is 285 g/mol. The van der Waals surface area contributed by atoms with E-state index in [0.29, 0.717) is 0 Å². The van der Waals surface area contributed by atoms with Crippen LogP contribution in [0, 0.1) is 11.3 Å². The van der Waals surface area contributed by atoms with E-state index in [9.17, 15) is 13.2 Å². The number of nitriles is 1. The Hall–Kier alpha value is -1.77. The zero-order valence-corrected chi connectivity index (χ0v) is 11.8. The van der Waals surface area contributed by atoms with Gasteiger partial charge in [-0.25, -0.2) is 4.98 Å². The first-order chi connectivity index (χ1) is 9.31. The van der Waals surface area contributed by atoms with E-state index < -0.39 is 11.9 Å². The summed E-state index contributed by atoms with van der Waals surface area (Å²) < 4.78 is 38.1. The molecule has 0 unspecified atom stereocenters. The molecule has 0 aliphatic rings. The summed E-state index contributed by atoms with van der Waals surface area (Å²) in [5, 5.41) is 12.1. The molecule has 0 spiro atoms. The lowest BCUT2D eigenvalue weighted by molar-refractivity contribution is -0.141. The molecule has 0 atom stereocenters. The third-order valence-corrected chi connectivity index (χ3v) is 3.72. The molecule has 1 heterocycles. The number of anilines is 1. The van der Waals surface area contributed by atoms with Crippen molar-refractivity contribution in [2.24, 2.45) is 0 Å². The number of hydrogen-bond donors (Lipinski definition) is 1. The minimum atomic E-state index is -4.52. The Morgan fingerprint density at radius 1 is 1.15 bits per heavy atom. The highest BCUT2D eigenvalue weighted by Crippen LogP contribution is 2.31. The van der Waals surface area contributed by atoms with Crippen LogP contribution in [0.3, 0.4) is 0 Å². The highest BCUT2D eigenvalue weighted by Gasteiger charge is 2.34. The van der Waals surface area contributed by atoms with Crippen LogP contribution < -0.4 is 5.32 Å². The normalized spacial score (nSPS) is 12.1. The fraction of sp³-hybridized carbons (Fsp3) is 0.571. The Morgan fingerprint density at radius 2 is 1.70 bits per heavy atom. The maximum absolute atomic E-state index is 12.7. The van der Waals surface area contributed by atoms with Gasteiger partial charge in [0.25, 0.3) is 0 Å². The molecule has 110 valence electrons. The second kappa shape index (κ2) is 6.12. The van der Waals surface area contributed by atoms with Gasteiger partial charge >= 0.3 is 6.18 Å². The summed E-state index contributed by atoms with van der Waals surface area (Å²) in [6, 6.07) is 3.86. The van der Waals surface area contributed by atoms with Gasteiger partial charge in [-0.1, -0.05) is 20.8 Å². The van der Waals surface area contributed by atoms with Crippen molar-refractivity contribution in [2.45, 2.75) is 51.7 Å². The first kappa shape index (κ1) is 16.3. The predicted molar refractivity (Wildman–Crippen MR) is 71.2 cm³/mol. The number of rotatable bonds is 5. The van der Waals surface area contributed by atoms with Crippen LogP contribution in [-0.2, 0) is 6.18 Å². The third kappa shape index (κ3) is 3.41. The van der Waals surface area contributed by atoms with Crippen molar-refractivity contribution in [3.63, 3.8) is 0 Å². The lowest BCUT2D eigenvalue weighted by atomic mass is 9.89. The van der Waals surface area contributed by atoms with Crippen molar-refractivity contribution in [2.75, 3.05) is 5.32 Å². The van der Waals surface area contributed by atoms with E-state index in [4.69, 9.17) is 5.26 Å². The van der Waals surface area contributed by atoms with E-state index in [2.05, 4.69) is 10.3 Å². The van der Waals surface area contributed by atoms with Crippen molar-refractivity contribution in [1.82, 2.24) is 4.98 Å². The Balaban J connectivity index is 3.25. The summed E-state index contributed by atoms with van der Waals surface area (Å²) in [6.45, 7) is 5.87. The molecule has 0 aromatic carbocycles. The molecule has 0 amide bonds.